The summed E-state index contributed by atoms with van der Waals surface area (Å²) in [5.41, 5.74) is 5.50. The predicted octanol–water partition coefficient (Wildman–Crippen LogP) is 1.88. The van der Waals surface area contributed by atoms with Gasteiger partial charge in [-0.05, 0) is 31.9 Å². The van der Waals surface area contributed by atoms with E-state index >= 15 is 0 Å². The van der Waals surface area contributed by atoms with Gasteiger partial charge in [0.05, 0.1) is 6.61 Å². The normalized spacial score (nSPS) is 12.2. The van der Waals surface area contributed by atoms with E-state index in [4.69, 9.17) is 10.5 Å². The number of anilines is 1. The number of hydrogen-bond donors (Lipinski definition) is 2. The zero-order valence-electron chi connectivity index (χ0n) is 10.1. The Labute approximate surface area is 97.2 Å². The molecule has 0 saturated carbocycles. The summed E-state index contributed by atoms with van der Waals surface area (Å²) in [6.45, 7) is 6.38. The summed E-state index contributed by atoms with van der Waals surface area (Å²) < 4.78 is 5.33. The van der Waals surface area contributed by atoms with Gasteiger partial charge in [-0.1, -0.05) is 13.0 Å². The molecule has 0 bridgehead atoms. The zero-order chi connectivity index (χ0) is 11.8. The first-order valence-electron chi connectivity index (χ1n) is 5.80. The van der Waals surface area contributed by atoms with Crippen LogP contribution in [0, 0.1) is 5.92 Å². The molecule has 1 atom stereocenters. The van der Waals surface area contributed by atoms with Crippen LogP contribution in [-0.2, 0) is 0 Å². The maximum Gasteiger partial charge on any atom is 0.215 e. The highest BCUT2D eigenvalue weighted by Gasteiger charge is 2.02. The molecule has 0 saturated heterocycles. The van der Waals surface area contributed by atoms with Crippen LogP contribution in [-0.4, -0.2) is 24.7 Å². The standard InChI is InChI=1S/C12H21N3O/c1-3-16-12-6-4-5-11(15-12)14-9-10(2)7-8-13/h4-6,10H,3,7-9,13H2,1-2H3,(H,14,15). The molecular weight excluding hydrogens is 202 g/mol. The first-order valence-corrected chi connectivity index (χ1v) is 5.80. The van der Waals surface area contributed by atoms with Crippen molar-refractivity contribution in [3.05, 3.63) is 18.2 Å². The molecule has 3 N–H and O–H groups in total. The fourth-order valence-electron chi connectivity index (χ4n) is 1.41. The summed E-state index contributed by atoms with van der Waals surface area (Å²) in [7, 11) is 0. The van der Waals surface area contributed by atoms with Gasteiger partial charge in [0.2, 0.25) is 5.88 Å². The lowest BCUT2D eigenvalue weighted by Crippen LogP contribution is -2.15. The van der Waals surface area contributed by atoms with Gasteiger partial charge in [0.25, 0.3) is 0 Å². The third-order valence-electron chi connectivity index (χ3n) is 2.31. The molecule has 0 aliphatic rings. The van der Waals surface area contributed by atoms with Crippen molar-refractivity contribution in [2.24, 2.45) is 11.7 Å². The molecule has 1 aromatic heterocycles. The van der Waals surface area contributed by atoms with Crippen molar-refractivity contribution >= 4 is 5.82 Å². The molecule has 0 spiro atoms. The number of pyridine rings is 1. The highest BCUT2D eigenvalue weighted by atomic mass is 16.5. The Kier molecular flexibility index (Phi) is 5.64. The first-order chi connectivity index (χ1) is 7.76. The number of ether oxygens (including phenoxy) is 1. The molecule has 0 aliphatic carbocycles. The molecule has 1 heterocycles. The molecule has 1 unspecified atom stereocenters. The van der Waals surface area contributed by atoms with Gasteiger partial charge in [0, 0.05) is 12.6 Å². The molecule has 4 heteroatoms. The third-order valence-corrected chi connectivity index (χ3v) is 2.31. The van der Waals surface area contributed by atoms with E-state index in [0.717, 1.165) is 25.3 Å². The van der Waals surface area contributed by atoms with Crippen molar-refractivity contribution in [1.29, 1.82) is 0 Å². The molecule has 1 rings (SSSR count). The lowest BCUT2D eigenvalue weighted by molar-refractivity contribution is 0.327. The van der Waals surface area contributed by atoms with E-state index in [1.165, 1.54) is 0 Å². The minimum atomic E-state index is 0.558. The fourth-order valence-corrected chi connectivity index (χ4v) is 1.41. The van der Waals surface area contributed by atoms with Gasteiger partial charge in [-0.25, -0.2) is 0 Å². The SMILES string of the molecule is CCOc1cccc(NCC(C)CCN)n1. The van der Waals surface area contributed by atoms with Gasteiger partial charge >= 0.3 is 0 Å². The third kappa shape index (κ3) is 4.49. The smallest absolute Gasteiger partial charge is 0.215 e. The molecule has 1 aromatic rings. The van der Waals surface area contributed by atoms with Crippen molar-refractivity contribution < 1.29 is 4.74 Å². The van der Waals surface area contributed by atoms with Crippen molar-refractivity contribution in [1.82, 2.24) is 4.98 Å². The van der Waals surface area contributed by atoms with E-state index in [-0.39, 0.29) is 0 Å². The number of nitrogens with one attached hydrogen (secondary N) is 1. The van der Waals surface area contributed by atoms with Crippen LogP contribution in [0.25, 0.3) is 0 Å². The minimum absolute atomic E-state index is 0.558. The Morgan fingerprint density at radius 2 is 2.31 bits per heavy atom. The molecule has 16 heavy (non-hydrogen) atoms. The number of nitrogens with zero attached hydrogens (tertiary/aromatic N) is 1. The average molecular weight is 223 g/mol. The van der Waals surface area contributed by atoms with Crippen molar-refractivity contribution in [3.8, 4) is 5.88 Å². The van der Waals surface area contributed by atoms with E-state index in [9.17, 15) is 0 Å². The van der Waals surface area contributed by atoms with Crippen LogP contribution in [0.15, 0.2) is 18.2 Å². The number of hydrogen-bond acceptors (Lipinski definition) is 4. The van der Waals surface area contributed by atoms with Crippen LogP contribution < -0.4 is 15.8 Å². The van der Waals surface area contributed by atoms with Crippen LogP contribution in [0.5, 0.6) is 5.88 Å². The van der Waals surface area contributed by atoms with Crippen LogP contribution in [0.4, 0.5) is 5.82 Å². The monoisotopic (exact) mass is 223 g/mol. The highest BCUT2D eigenvalue weighted by Crippen LogP contribution is 2.12. The van der Waals surface area contributed by atoms with E-state index < -0.39 is 0 Å². The summed E-state index contributed by atoms with van der Waals surface area (Å²) in [5.74, 6) is 2.08. The van der Waals surface area contributed by atoms with E-state index in [0.29, 0.717) is 18.4 Å². The molecule has 0 radical (unpaired) electrons. The Morgan fingerprint density at radius 3 is 3.00 bits per heavy atom. The molecule has 0 aromatic carbocycles. The number of nitrogens with two attached hydrogens (primary N) is 1. The Balaban J connectivity index is 2.44. The van der Waals surface area contributed by atoms with Gasteiger partial charge in [-0.3, -0.25) is 0 Å². The van der Waals surface area contributed by atoms with Gasteiger partial charge in [-0.15, -0.1) is 0 Å². The Bertz CT molecular complexity index is 304. The largest absolute Gasteiger partial charge is 0.478 e. The molecule has 0 amide bonds. The maximum absolute atomic E-state index is 5.50. The summed E-state index contributed by atoms with van der Waals surface area (Å²) in [4.78, 5) is 4.33. The molecule has 4 nitrogen and oxygen atoms in total. The van der Waals surface area contributed by atoms with Crippen molar-refractivity contribution in [2.45, 2.75) is 20.3 Å². The topological polar surface area (TPSA) is 60.2 Å². The van der Waals surface area contributed by atoms with Crippen LogP contribution >= 0.6 is 0 Å². The van der Waals surface area contributed by atoms with Crippen molar-refractivity contribution in [2.75, 3.05) is 25.0 Å². The maximum atomic E-state index is 5.50. The summed E-state index contributed by atoms with van der Waals surface area (Å²) in [6.07, 6.45) is 1.03. The van der Waals surface area contributed by atoms with E-state index in [1.54, 1.807) is 0 Å². The minimum Gasteiger partial charge on any atom is -0.478 e. The second-order valence-corrected chi connectivity index (χ2v) is 3.86. The summed E-state index contributed by atoms with van der Waals surface area (Å²) >= 11 is 0. The fraction of sp³-hybridized carbons (Fsp3) is 0.583. The summed E-state index contributed by atoms with van der Waals surface area (Å²) in [5, 5.41) is 3.28. The highest BCUT2D eigenvalue weighted by molar-refractivity contribution is 5.36. The van der Waals surface area contributed by atoms with Gasteiger partial charge < -0.3 is 15.8 Å². The van der Waals surface area contributed by atoms with Gasteiger partial charge in [-0.2, -0.15) is 4.98 Å². The van der Waals surface area contributed by atoms with E-state index in [1.807, 2.05) is 25.1 Å². The first kappa shape index (κ1) is 12.8. The van der Waals surface area contributed by atoms with Crippen LogP contribution in [0.2, 0.25) is 0 Å². The lowest BCUT2D eigenvalue weighted by atomic mass is 10.1. The van der Waals surface area contributed by atoms with Crippen LogP contribution in [0.3, 0.4) is 0 Å². The van der Waals surface area contributed by atoms with Crippen molar-refractivity contribution in [3.63, 3.8) is 0 Å². The van der Waals surface area contributed by atoms with Crippen LogP contribution in [0.1, 0.15) is 20.3 Å². The second-order valence-electron chi connectivity index (χ2n) is 3.86. The Hall–Kier alpha value is -1.29. The van der Waals surface area contributed by atoms with Gasteiger partial charge in [0.15, 0.2) is 0 Å². The van der Waals surface area contributed by atoms with Gasteiger partial charge in [0.1, 0.15) is 5.82 Å². The number of rotatable bonds is 7. The Morgan fingerprint density at radius 1 is 1.50 bits per heavy atom. The quantitative estimate of drug-likeness (QED) is 0.741. The second kappa shape index (κ2) is 7.06. The summed E-state index contributed by atoms with van der Waals surface area (Å²) in [6, 6.07) is 5.74. The molecular formula is C12H21N3O. The zero-order valence-corrected chi connectivity index (χ0v) is 10.1. The molecule has 90 valence electrons. The average Bonchev–Trinajstić information content (AvgIpc) is 2.28. The molecule has 0 aliphatic heterocycles. The lowest BCUT2D eigenvalue weighted by Gasteiger charge is -2.12. The molecule has 0 fully saturated rings. The van der Waals surface area contributed by atoms with E-state index in [2.05, 4.69) is 17.2 Å². The predicted molar refractivity (Wildman–Crippen MR) is 66.7 cm³/mol. The number of aromatic nitrogens is 1.